The first-order valence-electron chi connectivity index (χ1n) is 6.08. The first-order chi connectivity index (χ1) is 9.40. The quantitative estimate of drug-likeness (QED) is 0.761. The van der Waals surface area contributed by atoms with E-state index in [-0.39, 0.29) is 4.90 Å². The Balaban J connectivity index is 3.03. The largest absolute Gasteiger partial charge is 0.494 e. The van der Waals surface area contributed by atoms with Gasteiger partial charge in [0.15, 0.2) is 0 Å². The lowest BCUT2D eigenvalue weighted by Crippen LogP contribution is -2.28. The van der Waals surface area contributed by atoms with E-state index in [0.29, 0.717) is 24.5 Å². The summed E-state index contributed by atoms with van der Waals surface area (Å²) in [5.41, 5.74) is 0.647. The Morgan fingerprint density at radius 2 is 2.05 bits per heavy atom. The van der Waals surface area contributed by atoms with Crippen LogP contribution in [-0.4, -0.2) is 35.0 Å². The van der Waals surface area contributed by atoms with Crippen molar-refractivity contribution in [2.24, 2.45) is 0 Å². The molecule has 0 fully saturated rings. The summed E-state index contributed by atoms with van der Waals surface area (Å²) in [6, 6.07) is 4.26. The van der Waals surface area contributed by atoms with Crippen LogP contribution < -0.4 is 14.8 Å². The first kappa shape index (κ1) is 16.8. The zero-order valence-corrected chi connectivity index (χ0v) is 12.1. The third-order valence-electron chi connectivity index (χ3n) is 2.44. The molecule has 0 saturated heterocycles. The standard InChI is InChI=1S/C12H18F2N2O3S/c1-3-19-11-5-4-10(6-9(11)7-15-2)20(17,18)16-8-12(13)14/h4-6,12,15-16H,3,7-8H2,1-2H3. The molecule has 0 aliphatic rings. The molecule has 0 amide bonds. The molecule has 0 aliphatic carbocycles. The second-order valence-electron chi connectivity index (χ2n) is 3.98. The molecule has 0 bridgehead atoms. The van der Waals surface area contributed by atoms with Crippen LogP contribution in [0.1, 0.15) is 12.5 Å². The van der Waals surface area contributed by atoms with E-state index < -0.39 is 23.0 Å². The third-order valence-corrected chi connectivity index (χ3v) is 3.86. The van der Waals surface area contributed by atoms with Crippen molar-refractivity contribution in [1.82, 2.24) is 10.0 Å². The number of benzene rings is 1. The fraction of sp³-hybridized carbons (Fsp3) is 0.500. The van der Waals surface area contributed by atoms with Crippen molar-refractivity contribution in [1.29, 1.82) is 0 Å². The highest BCUT2D eigenvalue weighted by Gasteiger charge is 2.18. The van der Waals surface area contributed by atoms with Gasteiger partial charge in [-0.05, 0) is 32.2 Å². The maximum absolute atomic E-state index is 12.1. The fourth-order valence-corrected chi connectivity index (χ4v) is 2.66. The third kappa shape index (κ3) is 4.69. The van der Waals surface area contributed by atoms with Crippen LogP contribution in [0.15, 0.2) is 23.1 Å². The number of alkyl halides is 2. The minimum absolute atomic E-state index is 0.0631. The maximum atomic E-state index is 12.1. The number of ether oxygens (including phenoxy) is 1. The van der Waals surface area contributed by atoms with Crippen LogP contribution >= 0.6 is 0 Å². The molecule has 0 aromatic heterocycles. The van der Waals surface area contributed by atoms with Gasteiger partial charge < -0.3 is 10.1 Å². The summed E-state index contributed by atoms with van der Waals surface area (Å²) < 4.78 is 55.1. The summed E-state index contributed by atoms with van der Waals surface area (Å²) in [5, 5.41) is 2.90. The van der Waals surface area contributed by atoms with Crippen LogP contribution in [0.2, 0.25) is 0 Å². The van der Waals surface area contributed by atoms with Crippen molar-refractivity contribution in [3.05, 3.63) is 23.8 Å². The number of sulfonamides is 1. The van der Waals surface area contributed by atoms with Gasteiger partial charge in [-0.25, -0.2) is 21.9 Å². The maximum Gasteiger partial charge on any atom is 0.251 e. The highest BCUT2D eigenvalue weighted by atomic mass is 32.2. The molecule has 1 aromatic rings. The van der Waals surface area contributed by atoms with Gasteiger partial charge in [-0.1, -0.05) is 0 Å². The Labute approximate surface area is 117 Å². The Hall–Kier alpha value is -1.25. The van der Waals surface area contributed by atoms with E-state index in [1.807, 2.05) is 11.6 Å². The molecule has 0 aliphatic heterocycles. The molecular formula is C12H18F2N2O3S. The van der Waals surface area contributed by atoms with Crippen LogP contribution in [0.5, 0.6) is 5.75 Å². The minimum atomic E-state index is -3.94. The van der Waals surface area contributed by atoms with Gasteiger partial charge in [0.25, 0.3) is 6.43 Å². The number of rotatable bonds is 8. The summed E-state index contributed by atoms with van der Waals surface area (Å²) in [6.45, 7) is 1.77. The van der Waals surface area contributed by atoms with Crippen LogP contribution in [-0.2, 0) is 16.6 Å². The summed E-state index contributed by atoms with van der Waals surface area (Å²) in [5.74, 6) is 0.564. The molecule has 2 N–H and O–H groups in total. The molecule has 0 unspecified atom stereocenters. The molecule has 0 saturated carbocycles. The lowest BCUT2D eigenvalue weighted by Gasteiger charge is -2.12. The van der Waals surface area contributed by atoms with E-state index in [1.54, 1.807) is 7.05 Å². The van der Waals surface area contributed by atoms with E-state index in [1.165, 1.54) is 18.2 Å². The lowest BCUT2D eigenvalue weighted by atomic mass is 10.2. The molecule has 0 atom stereocenters. The Kier molecular flexibility index (Phi) is 6.31. The predicted octanol–water partition coefficient (Wildman–Crippen LogP) is 1.35. The SMILES string of the molecule is CCOc1ccc(S(=O)(=O)NCC(F)F)cc1CNC. The number of hydrogen-bond acceptors (Lipinski definition) is 4. The average Bonchev–Trinajstić information content (AvgIpc) is 2.39. The molecule has 1 rings (SSSR count). The number of halogens is 2. The normalized spacial score (nSPS) is 11.8. The van der Waals surface area contributed by atoms with Crippen molar-refractivity contribution >= 4 is 10.0 Å². The van der Waals surface area contributed by atoms with Crippen LogP contribution in [0, 0.1) is 0 Å². The highest BCUT2D eigenvalue weighted by Crippen LogP contribution is 2.22. The van der Waals surface area contributed by atoms with Gasteiger partial charge in [-0.15, -0.1) is 0 Å². The zero-order chi connectivity index (χ0) is 15.2. The minimum Gasteiger partial charge on any atom is -0.494 e. The molecule has 0 radical (unpaired) electrons. The first-order valence-corrected chi connectivity index (χ1v) is 7.57. The summed E-state index contributed by atoms with van der Waals surface area (Å²) >= 11 is 0. The second-order valence-corrected chi connectivity index (χ2v) is 5.74. The van der Waals surface area contributed by atoms with Crippen molar-refractivity contribution in [3.63, 3.8) is 0 Å². The zero-order valence-electron chi connectivity index (χ0n) is 11.3. The van der Waals surface area contributed by atoms with Crippen molar-refractivity contribution in [2.75, 3.05) is 20.2 Å². The summed E-state index contributed by atoms with van der Waals surface area (Å²) in [4.78, 5) is -0.0631. The van der Waals surface area contributed by atoms with Gasteiger partial charge in [0, 0.05) is 12.1 Å². The Morgan fingerprint density at radius 3 is 2.60 bits per heavy atom. The van der Waals surface area contributed by atoms with Gasteiger partial charge >= 0.3 is 0 Å². The van der Waals surface area contributed by atoms with Crippen LogP contribution in [0.4, 0.5) is 8.78 Å². The van der Waals surface area contributed by atoms with Gasteiger partial charge in [-0.3, -0.25) is 0 Å². The van der Waals surface area contributed by atoms with Crippen molar-refractivity contribution < 1.29 is 21.9 Å². The molecule has 8 heteroatoms. The molecule has 5 nitrogen and oxygen atoms in total. The van der Waals surface area contributed by atoms with E-state index in [2.05, 4.69) is 5.32 Å². The lowest BCUT2D eigenvalue weighted by molar-refractivity contribution is 0.153. The van der Waals surface area contributed by atoms with Crippen LogP contribution in [0.25, 0.3) is 0 Å². The summed E-state index contributed by atoms with van der Waals surface area (Å²) in [6.07, 6.45) is -2.73. The van der Waals surface area contributed by atoms with Crippen LogP contribution in [0.3, 0.4) is 0 Å². The van der Waals surface area contributed by atoms with E-state index in [0.717, 1.165) is 0 Å². The molecule has 1 aromatic carbocycles. The van der Waals surface area contributed by atoms with Gasteiger partial charge in [0.05, 0.1) is 18.0 Å². The van der Waals surface area contributed by atoms with Gasteiger partial charge in [0.1, 0.15) is 5.75 Å². The number of nitrogens with one attached hydrogen (secondary N) is 2. The van der Waals surface area contributed by atoms with Crippen molar-refractivity contribution in [3.8, 4) is 5.75 Å². The topological polar surface area (TPSA) is 67.4 Å². The summed E-state index contributed by atoms with van der Waals surface area (Å²) in [7, 11) is -2.23. The van der Waals surface area contributed by atoms with E-state index in [9.17, 15) is 17.2 Å². The van der Waals surface area contributed by atoms with Crippen molar-refractivity contribution in [2.45, 2.75) is 24.8 Å². The van der Waals surface area contributed by atoms with E-state index >= 15 is 0 Å². The van der Waals surface area contributed by atoms with Gasteiger partial charge in [-0.2, -0.15) is 0 Å². The molecular weight excluding hydrogens is 290 g/mol. The van der Waals surface area contributed by atoms with E-state index in [4.69, 9.17) is 4.74 Å². The Bertz CT molecular complexity index is 536. The fourth-order valence-electron chi connectivity index (χ4n) is 1.60. The smallest absolute Gasteiger partial charge is 0.251 e. The predicted molar refractivity (Wildman–Crippen MR) is 71.6 cm³/mol. The van der Waals surface area contributed by atoms with Gasteiger partial charge in [0.2, 0.25) is 10.0 Å². The molecule has 20 heavy (non-hydrogen) atoms. The highest BCUT2D eigenvalue weighted by molar-refractivity contribution is 7.89. The number of hydrogen-bond donors (Lipinski definition) is 2. The monoisotopic (exact) mass is 308 g/mol. The average molecular weight is 308 g/mol. The molecule has 0 heterocycles. The Morgan fingerprint density at radius 1 is 1.35 bits per heavy atom. The molecule has 114 valence electrons. The molecule has 0 spiro atoms. The second kappa shape index (κ2) is 7.51.